The predicted molar refractivity (Wildman–Crippen MR) is 64.5 cm³/mol. The van der Waals surface area contributed by atoms with Gasteiger partial charge in [0.1, 0.15) is 11.6 Å². The van der Waals surface area contributed by atoms with Gasteiger partial charge in [-0.25, -0.2) is 8.78 Å². The second-order valence-corrected chi connectivity index (χ2v) is 4.30. The van der Waals surface area contributed by atoms with Gasteiger partial charge < -0.3 is 10.4 Å². The fourth-order valence-electron chi connectivity index (χ4n) is 1.64. The van der Waals surface area contributed by atoms with E-state index in [1.54, 1.807) is 6.92 Å². The van der Waals surface area contributed by atoms with E-state index >= 15 is 0 Å². The first-order chi connectivity index (χ1) is 8.88. The second kappa shape index (κ2) is 6.82. The fraction of sp³-hybridized carbons (Fsp3) is 0.385. The molecule has 0 aliphatic rings. The van der Waals surface area contributed by atoms with E-state index < -0.39 is 29.6 Å². The van der Waals surface area contributed by atoms with Crippen LogP contribution in [0.25, 0.3) is 0 Å². The SMILES string of the molecule is CC(CC(=O)O)NC(=O)CCc1cc(F)ccc1F. The lowest BCUT2D eigenvalue weighted by molar-refractivity contribution is -0.137. The second-order valence-electron chi connectivity index (χ2n) is 4.30. The summed E-state index contributed by atoms with van der Waals surface area (Å²) in [6.07, 6.45) is -0.139. The quantitative estimate of drug-likeness (QED) is 0.830. The summed E-state index contributed by atoms with van der Waals surface area (Å²) in [6, 6.07) is 2.56. The lowest BCUT2D eigenvalue weighted by Crippen LogP contribution is -2.34. The first-order valence-electron chi connectivity index (χ1n) is 5.83. The van der Waals surface area contributed by atoms with Gasteiger partial charge in [-0.2, -0.15) is 0 Å². The highest BCUT2D eigenvalue weighted by Gasteiger charge is 2.12. The minimum atomic E-state index is -1.01. The lowest BCUT2D eigenvalue weighted by atomic mass is 10.1. The maximum Gasteiger partial charge on any atom is 0.305 e. The van der Waals surface area contributed by atoms with Gasteiger partial charge >= 0.3 is 5.97 Å². The molecule has 6 heteroatoms. The van der Waals surface area contributed by atoms with Crippen molar-refractivity contribution >= 4 is 11.9 Å². The number of hydrogen-bond donors (Lipinski definition) is 2. The summed E-state index contributed by atoms with van der Waals surface area (Å²) in [7, 11) is 0. The van der Waals surface area contributed by atoms with Crippen molar-refractivity contribution in [1.29, 1.82) is 0 Å². The molecule has 0 aliphatic heterocycles. The molecule has 1 aromatic rings. The van der Waals surface area contributed by atoms with Crippen molar-refractivity contribution in [2.45, 2.75) is 32.2 Å². The minimum Gasteiger partial charge on any atom is -0.481 e. The number of amides is 1. The zero-order valence-corrected chi connectivity index (χ0v) is 10.5. The molecule has 1 amide bonds. The van der Waals surface area contributed by atoms with E-state index in [9.17, 15) is 18.4 Å². The number of carbonyl (C=O) groups excluding carboxylic acids is 1. The summed E-state index contributed by atoms with van der Waals surface area (Å²) in [5, 5.41) is 11.0. The van der Waals surface area contributed by atoms with Crippen molar-refractivity contribution in [3.63, 3.8) is 0 Å². The molecule has 0 saturated heterocycles. The van der Waals surface area contributed by atoms with Crippen LogP contribution in [0.1, 0.15) is 25.3 Å². The molecule has 0 aromatic heterocycles. The van der Waals surface area contributed by atoms with Crippen LogP contribution >= 0.6 is 0 Å². The third-order valence-electron chi connectivity index (χ3n) is 2.52. The lowest BCUT2D eigenvalue weighted by Gasteiger charge is -2.11. The number of carboxylic acids is 1. The Hall–Kier alpha value is -1.98. The van der Waals surface area contributed by atoms with Gasteiger partial charge in [-0.05, 0) is 37.1 Å². The van der Waals surface area contributed by atoms with Gasteiger partial charge in [0, 0.05) is 12.5 Å². The Morgan fingerprint density at radius 3 is 2.68 bits per heavy atom. The normalized spacial score (nSPS) is 11.9. The Morgan fingerprint density at radius 1 is 1.37 bits per heavy atom. The third kappa shape index (κ3) is 5.46. The number of halogens is 2. The zero-order chi connectivity index (χ0) is 14.4. The van der Waals surface area contributed by atoms with Crippen LogP contribution in [0.5, 0.6) is 0 Å². The number of benzene rings is 1. The van der Waals surface area contributed by atoms with Gasteiger partial charge in [-0.15, -0.1) is 0 Å². The maximum absolute atomic E-state index is 13.3. The molecule has 4 nitrogen and oxygen atoms in total. The van der Waals surface area contributed by atoms with Crippen molar-refractivity contribution in [3.05, 3.63) is 35.4 Å². The summed E-state index contributed by atoms with van der Waals surface area (Å²) in [5.41, 5.74) is 0.126. The standard InChI is InChI=1S/C13H15F2NO3/c1-8(6-13(18)19)16-12(17)5-2-9-7-10(14)3-4-11(9)15/h3-4,7-8H,2,5-6H2,1H3,(H,16,17)(H,18,19). The highest BCUT2D eigenvalue weighted by molar-refractivity contribution is 5.77. The topological polar surface area (TPSA) is 66.4 Å². The largest absolute Gasteiger partial charge is 0.481 e. The molecule has 0 spiro atoms. The van der Waals surface area contributed by atoms with E-state index in [0.717, 1.165) is 18.2 Å². The van der Waals surface area contributed by atoms with E-state index in [1.807, 2.05) is 0 Å². The van der Waals surface area contributed by atoms with Gasteiger partial charge in [-0.3, -0.25) is 9.59 Å². The van der Waals surface area contributed by atoms with E-state index in [2.05, 4.69) is 5.32 Å². The van der Waals surface area contributed by atoms with Crippen LogP contribution in [0.15, 0.2) is 18.2 Å². The molecule has 0 saturated carbocycles. The van der Waals surface area contributed by atoms with Crippen molar-refractivity contribution in [2.75, 3.05) is 0 Å². The number of aliphatic carboxylic acids is 1. The van der Waals surface area contributed by atoms with E-state index in [1.165, 1.54) is 0 Å². The highest BCUT2D eigenvalue weighted by Crippen LogP contribution is 2.11. The summed E-state index contributed by atoms with van der Waals surface area (Å²) in [5.74, 6) is -2.52. The monoisotopic (exact) mass is 271 g/mol. The molecule has 0 aliphatic carbocycles. The van der Waals surface area contributed by atoms with Gasteiger partial charge in [0.2, 0.25) is 5.91 Å². The zero-order valence-electron chi connectivity index (χ0n) is 10.5. The molecule has 0 radical (unpaired) electrons. The molecule has 104 valence electrons. The summed E-state index contributed by atoms with van der Waals surface area (Å²) in [6.45, 7) is 1.56. The molecular weight excluding hydrogens is 256 g/mol. The number of carbonyl (C=O) groups is 2. The molecule has 1 aromatic carbocycles. The molecule has 0 fully saturated rings. The molecule has 2 N–H and O–H groups in total. The van der Waals surface area contributed by atoms with Crippen LogP contribution < -0.4 is 5.32 Å². The molecule has 1 atom stereocenters. The van der Waals surface area contributed by atoms with Crippen molar-refractivity contribution in [2.24, 2.45) is 0 Å². The fourth-order valence-corrected chi connectivity index (χ4v) is 1.64. The van der Waals surface area contributed by atoms with Crippen LogP contribution in [0.2, 0.25) is 0 Å². The van der Waals surface area contributed by atoms with Crippen LogP contribution in [0, 0.1) is 11.6 Å². The Kier molecular flexibility index (Phi) is 5.41. The third-order valence-corrected chi connectivity index (χ3v) is 2.52. The Morgan fingerprint density at radius 2 is 2.05 bits per heavy atom. The first-order valence-corrected chi connectivity index (χ1v) is 5.83. The molecule has 0 heterocycles. The highest BCUT2D eigenvalue weighted by atomic mass is 19.1. The number of carboxylic acid groups (broad SMARTS) is 1. The van der Waals surface area contributed by atoms with Crippen molar-refractivity contribution in [3.8, 4) is 0 Å². The molecule has 1 rings (SSSR count). The number of aryl methyl sites for hydroxylation is 1. The van der Waals surface area contributed by atoms with Crippen LogP contribution in [-0.4, -0.2) is 23.0 Å². The average molecular weight is 271 g/mol. The maximum atomic E-state index is 13.3. The molecule has 0 bridgehead atoms. The van der Waals surface area contributed by atoms with Crippen LogP contribution in [0.4, 0.5) is 8.78 Å². The van der Waals surface area contributed by atoms with E-state index in [4.69, 9.17) is 5.11 Å². The van der Waals surface area contributed by atoms with Crippen molar-refractivity contribution in [1.82, 2.24) is 5.32 Å². The Labute approximate surface area is 109 Å². The number of nitrogens with one attached hydrogen (secondary N) is 1. The molecular formula is C13H15F2NO3. The van der Waals surface area contributed by atoms with Gasteiger partial charge in [0.05, 0.1) is 6.42 Å². The summed E-state index contributed by atoms with van der Waals surface area (Å²) >= 11 is 0. The predicted octanol–water partition coefficient (Wildman–Crippen LogP) is 1.88. The molecule has 1 unspecified atom stereocenters. The van der Waals surface area contributed by atoms with Crippen LogP contribution in [0.3, 0.4) is 0 Å². The number of hydrogen-bond acceptors (Lipinski definition) is 2. The van der Waals surface area contributed by atoms with Gasteiger partial charge in [0.15, 0.2) is 0 Å². The summed E-state index contributed by atoms with van der Waals surface area (Å²) < 4.78 is 26.2. The van der Waals surface area contributed by atoms with E-state index in [-0.39, 0.29) is 24.8 Å². The Bertz CT molecular complexity index is 477. The first kappa shape index (κ1) is 15.1. The molecule has 19 heavy (non-hydrogen) atoms. The smallest absolute Gasteiger partial charge is 0.305 e. The number of rotatable bonds is 6. The van der Waals surface area contributed by atoms with Gasteiger partial charge in [0.25, 0.3) is 0 Å². The summed E-state index contributed by atoms with van der Waals surface area (Å²) in [4.78, 5) is 21.9. The van der Waals surface area contributed by atoms with E-state index in [0.29, 0.717) is 0 Å². The Balaban J connectivity index is 2.46. The minimum absolute atomic E-state index is 0.0235. The van der Waals surface area contributed by atoms with Gasteiger partial charge in [-0.1, -0.05) is 0 Å². The average Bonchev–Trinajstić information content (AvgIpc) is 2.29. The van der Waals surface area contributed by atoms with Crippen molar-refractivity contribution < 1.29 is 23.5 Å². The van der Waals surface area contributed by atoms with Crippen LogP contribution in [-0.2, 0) is 16.0 Å².